The van der Waals surface area contributed by atoms with Crippen LogP contribution in [-0.2, 0) is 16.0 Å². The van der Waals surface area contributed by atoms with E-state index >= 15 is 0 Å². The second kappa shape index (κ2) is 7.62. The largest absolute Gasteiger partial charge is 0.355 e. The summed E-state index contributed by atoms with van der Waals surface area (Å²) in [5.41, 5.74) is 1.27. The first-order valence-electron chi connectivity index (χ1n) is 8.85. The van der Waals surface area contributed by atoms with Crippen LogP contribution in [0.1, 0.15) is 44.1 Å². The zero-order chi connectivity index (χ0) is 16.1. The van der Waals surface area contributed by atoms with Crippen molar-refractivity contribution in [1.29, 1.82) is 0 Å². The maximum absolute atomic E-state index is 12.9. The normalized spacial score (nSPS) is 21.9. The van der Waals surface area contributed by atoms with E-state index < -0.39 is 0 Å². The zero-order valence-corrected chi connectivity index (χ0v) is 13.7. The summed E-state index contributed by atoms with van der Waals surface area (Å²) in [5, 5.41) is 2.80. The van der Waals surface area contributed by atoms with Gasteiger partial charge in [0.15, 0.2) is 0 Å². The van der Waals surface area contributed by atoms with Crippen molar-refractivity contribution in [2.45, 2.75) is 51.0 Å². The van der Waals surface area contributed by atoms with E-state index in [1.54, 1.807) is 0 Å². The van der Waals surface area contributed by atoms with Gasteiger partial charge in [-0.2, -0.15) is 0 Å². The van der Waals surface area contributed by atoms with Gasteiger partial charge in [-0.3, -0.25) is 9.59 Å². The fourth-order valence-corrected chi connectivity index (χ4v) is 3.77. The van der Waals surface area contributed by atoms with Gasteiger partial charge in [-0.15, -0.1) is 0 Å². The molecular formula is C19H26N2O2. The standard InChI is InChI=1S/C19H26N2O2/c22-18-13-16(14-20-18)19(23)21(17-9-5-2-6-10-17)12-11-15-7-3-1-4-8-15/h1,3-4,7-8,16-17H,2,5-6,9-14H2,(H,20,22). The number of hydrogen-bond acceptors (Lipinski definition) is 2. The third-order valence-electron chi connectivity index (χ3n) is 5.11. The van der Waals surface area contributed by atoms with E-state index in [1.807, 2.05) is 18.2 Å². The Morgan fingerprint density at radius 2 is 1.87 bits per heavy atom. The molecule has 0 radical (unpaired) electrons. The summed E-state index contributed by atoms with van der Waals surface area (Å²) in [5.74, 6) is 0.0152. The maximum atomic E-state index is 12.9. The molecule has 0 aromatic heterocycles. The molecule has 1 aromatic rings. The van der Waals surface area contributed by atoms with Gasteiger partial charge in [-0.05, 0) is 24.8 Å². The Hall–Kier alpha value is -1.84. The van der Waals surface area contributed by atoms with Gasteiger partial charge in [0.25, 0.3) is 0 Å². The lowest BCUT2D eigenvalue weighted by atomic mass is 9.92. The van der Waals surface area contributed by atoms with Crippen molar-refractivity contribution in [2.24, 2.45) is 5.92 Å². The average Bonchev–Trinajstić information content (AvgIpc) is 3.03. The molecule has 2 amide bonds. The number of carbonyl (C=O) groups excluding carboxylic acids is 2. The van der Waals surface area contributed by atoms with Gasteiger partial charge in [-0.1, -0.05) is 49.6 Å². The summed E-state index contributed by atoms with van der Waals surface area (Å²) in [6.07, 6.45) is 7.15. The van der Waals surface area contributed by atoms with E-state index in [0.29, 0.717) is 19.0 Å². The third-order valence-corrected chi connectivity index (χ3v) is 5.11. The predicted octanol–water partition coefficient (Wildman–Crippen LogP) is 2.53. The summed E-state index contributed by atoms with van der Waals surface area (Å²) in [6, 6.07) is 10.7. The second-order valence-corrected chi connectivity index (χ2v) is 6.76. The molecule has 23 heavy (non-hydrogen) atoms. The van der Waals surface area contributed by atoms with Crippen LogP contribution in [0.3, 0.4) is 0 Å². The molecule has 2 aliphatic rings. The SMILES string of the molecule is O=C1CC(C(=O)N(CCc2ccccc2)C2CCCCC2)CN1. The summed E-state index contributed by atoms with van der Waals surface area (Å²) in [6.45, 7) is 1.27. The lowest BCUT2D eigenvalue weighted by Gasteiger charge is -2.36. The van der Waals surface area contributed by atoms with Crippen molar-refractivity contribution in [3.63, 3.8) is 0 Å². The molecule has 3 rings (SSSR count). The average molecular weight is 314 g/mol. The van der Waals surface area contributed by atoms with Gasteiger partial charge in [-0.25, -0.2) is 0 Å². The number of nitrogens with zero attached hydrogens (tertiary/aromatic N) is 1. The lowest BCUT2D eigenvalue weighted by molar-refractivity contribution is -0.138. The number of benzene rings is 1. The Kier molecular flexibility index (Phi) is 5.31. The van der Waals surface area contributed by atoms with Crippen molar-refractivity contribution < 1.29 is 9.59 Å². The molecule has 1 saturated carbocycles. The molecule has 1 aromatic carbocycles. The topological polar surface area (TPSA) is 49.4 Å². The Labute approximate surface area is 138 Å². The van der Waals surface area contributed by atoms with E-state index in [1.165, 1.54) is 24.8 Å². The molecule has 1 aliphatic carbocycles. The Morgan fingerprint density at radius 1 is 1.13 bits per heavy atom. The first kappa shape index (κ1) is 16.0. The van der Waals surface area contributed by atoms with Crippen LogP contribution >= 0.6 is 0 Å². The van der Waals surface area contributed by atoms with Crippen LogP contribution in [0.5, 0.6) is 0 Å². The van der Waals surface area contributed by atoms with E-state index in [-0.39, 0.29) is 17.7 Å². The van der Waals surface area contributed by atoms with Crippen molar-refractivity contribution >= 4 is 11.8 Å². The van der Waals surface area contributed by atoms with Crippen molar-refractivity contribution in [3.05, 3.63) is 35.9 Å². The Morgan fingerprint density at radius 3 is 2.52 bits per heavy atom. The van der Waals surface area contributed by atoms with Gasteiger partial charge in [0.05, 0.1) is 5.92 Å². The smallest absolute Gasteiger partial charge is 0.228 e. The minimum absolute atomic E-state index is 0.00926. The van der Waals surface area contributed by atoms with Crippen LogP contribution in [0.4, 0.5) is 0 Å². The van der Waals surface area contributed by atoms with Crippen LogP contribution < -0.4 is 5.32 Å². The molecule has 1 heterocycles. The highest BCUT2D eigenvalue weighted by molar-refractivity contribution is 5.89. The first-order chi connectivity index (χ1) is 11.2. The highest BCUT2D eigenvalue weighted by Gasteiger charge is 2.34. The molecule has 1 unspecified atom stereocenters. The quantitative estimate of drug-likeness (QED) is 0.908. The number of rotatable bonds is 5. The molecule has 1 N–H and O–H groups in total. The van der Waals surface area contributed by atoms with Crippen molar-refractivity contribution in [2.75, 3.05) is 13.1 Å². The monoisotopic (exact) mass is 314 g/mol. The number of amides is 2. The highest BCUT2D eigenvalue weighted by atomic mass is 16.2. The second-order valence-electron chi connectivity index (χ2n) is 6.76. The fraction of sp³-hybridized carbons (Fsp3) is 0.579. The van der Waals surface area contributed by atoms with Crippen molar-refractivity contribution in [1.82, 2.24) is 10.2 Å². The molecule has 0 spiro atoms. The van der Waals surface area contributed by atoms with Crippen LogP contribution in [0, 0.1) is 5.92 Å². The Balaban J connectivity index is 1.67. The minimum atomic E-state index is -0.166. The summed E-state index contributed by atoms with van der Waals surface area (Å²) in [7, 11) is 0. The van der Waals surface area contributed by atoms with Gasteiger partial charge >= 0.3 is 0 Å². The van der Waals surface area contributed by atoms with Crippen LogP contribution in [0.25, 0.3) is 0 Å². The van der Waals surface area contributed by atoms with E-state index in [0.717, 1.165) is 25.8 Å². The van der Waals surface area contributed by atoms with Gasteiger partial charge in [0.1, 0.15) is 0 Å². The molecular weight excluding hydrogens is 288 g/mol. The predicted molar refractivity (Wildman–Crippen MR) is 89.8 cm³/mol. The zero-order valence-electron chi connectivity index (χ0n) is 13.7. The van der Waals surface area contributed by atoms with E-state index in [9.17, 15) is 9.59 Å². The number of nitrogens with one attached hydrogen (secondary N) is 1. The molecule has 1 aliphatic heterocycles. The van der Waals surface area contributed by atoms with Gasteiger partial charge in [0, 0.05) is 25.6 Å². The molecule has 1 saturated heterocycles. The number of carbonyl (C=O) groups is 2. The van der Waals surface area contributed by atoms with Gasteiger partial charge in [0.2, 0.25) is 11.8 Å². The highest BCUT2D eigenvalue weighted by Crippen LogP contribution is 2.25. The summed E-state index contributed by atoms with van der Waals surface area (Å²) < 4.78 is 0. The van der Waals surface area contributed by atoms with Crippen molar-refractivity contribution in [3.8, 4) is 0 Å². The third kappa shape index (κ3) is 4.12. The maximum Gasteiger partial charge on any atom is 0.228 e. The Bertz CT molecular complexity index is 538. The van der Waals surface area contributed by atoms with E-state index in [2.05, 4.69) is 22.3 Å². The van der Waals surface area contributed by atoms with Crippen LogP contribution in [-0.4, -0.2) is 35.8 Å². The first-order valence-corrected chi connectivity index (χ1v) is 8.85. The van der Waals surface area contributed by atoms with E-state index in [4.69, 9.17) is 0 Å². The van der Waals surface area contributed by atoms with Gasteiger partial charge < -0.3 is 10.2 Å². The lowest BCUT2D eigenvalue weighted by Crippen LogP contribution is -2.46. The molecule has 4 heteroatoms. The fourth-order valence-electron chi connectivity index (χ4n) is 3.77. The van der Waals surface area contributed by atoms with Crippen LogP contribution in [0.2, 0.25) is 0 Å². The molecule has 1 atom stereocenters. The number of hydrogen-bond donors (Lipinski definition) is 1. The minimum Gasteiger partial charge on any atom is -0.355 e. The molecule has 4 nitrogen and oxygen atoms in total. The summed E-state index contributed by atoms with van der Waals surface area (Å²) >= 11 is 0. The molecule has 124 valence electrons. The molecule has 2 fully saturated rings. The summed E-state index contributed by atoms with van der Waals surface area (Å²) in [4.78, 5) is 26.5. The van der Waals surface area contributed by atoms with Crippen LogP contribution in [0.15, 0.2) is 30.3 Å². The molecule has 0 bridgehead atoms.